The molecule has 1 fully saturated rings. The van der Waals surface area contributed by atoms with Gasteiger partial charge in [-0.3, -0.25) is 4.79 Å². The van der Waals surface area contributed by atoms with Gasteiger partial charge in [-0.05, 0) is 49.7 Å². The molecule has 4 rings (SSSR count). The SMILES string of the molecule is C=CCOc1cccc2c1cc(C(=O)N1C[C@@H](C)O[C@H](C)C1)n2Cc1cccc(F)c1. The van der Waals surface area contributed by atoms with Gasteiger partial charge in [-0.2, -0.15) is 0 Å². The Kier molecular flexibility index (Phi) is 6.09. The van der Waals surface area contributed by atoms with E-state index in [0.717, 1.165) is 16.5 Å². The maximum absolute atomic E-state index is 13.8. The van der Waals surface area contributed by atoms with Crippen LogP contribution in [0.1, 0.15) is 29.9 Å². The van der Waals surface area contributed by atoms with E-state index < -0.39 is 0 Å². The van der Waals surface area contributed by atoms with Crippen molar-refractivity contribution in [3.63, 3.8) is 0 Å². The molecule has 2 atom stereocenters. The first-order valence-corrected chi connectivity index (χ1v) is 10.5. The van der Waals surface area contributed by atoms with E-state index in [1.165, 1.54) is 12.1 Å². The van der Waals surface area contributed by atoms with E-state index in [2.05, 4.69) is 6.58 Å². The van der Waals surface area contributed by atoms with Gasteiger partial charge in [0.2, 0.25) is 0 Å². The minimum absolute atomic E-state index is 0.0276. The van der Waals surface area contributed by atoms with E-state index in [1.807, 2.05) is 53.6 Å². The second kappa shape index (κ2) is 8.94. The van der Waals surface area contributed by atoms with Gasteiger partial charge in [0.15, 0.2) is 0 Å². The number of ether oxygens (including phenoxy) is 2. The van der Waals surface area contributed by atoms with Crippen molar-refractivity contribution in [3.05, 3.63) is 78.3 Å². The van der Waals surface area contributed by atoms with Gasteiger partial charge in [0, 0.05) is 25.0 Å². The van der Waals surface area contributed by atoms with Crippen LogP contribution in [0.2, 0.25) is 0 Å². The Morgan fingerprint density at radius 2 is 1.94 bits per heavy atom. The van der Waals surface area contributed by atoms with Crippen LogP contribution in [0, 0.1) is 5.82 Å². The average Bonchev–Trinajstić information content (AvgIpc) is 3.10. The summed E-state index contributed by atoms with van der Waals surface area (Å²) in [4.78, 5) is 15.4. The Labute approximate surface area is 181 Å². The maximum atomic E-state index is 13.8. The smallest absolute Gasteiger partial charge is 0.270 e. The van der Waals surface area contributed by atoms with Crippen molar-refractivity contribution in [1.29, 1.82) is 0 Å². The molecule has 0 bridgehead atoms. The number of aromatic nitrogens is 1. The van der Waals surface area contributed by atoms with E-state index in [9.17, 15) is 9.18 Å². The van der Waals surface area contributed by atoms with Crippen LogP contribution in [0.5, 0.6) is 5.75 Å². The summed E-state index contributed by atoms with van der Waals surface area (Å²) in [5, 5.41) is 0.846. The maximum Gasteiger partial charge on any atom is 0.270 e. The van der Waals surface area contributed by atoms with Crippen LogP contribution >= 0.6 is 0 Å². The van der Waals surface area contributed by atoms with E-state index >= 15 is 0 Å². The Hall–Kier alpha value is -3.12. The zero-order valence-corrected chi connectivity index (χ0v) is 17.9. The number of amides is 1. The summed E-state index contributed by atoms with van der Waals surface area (Å²) in [6, 6.07) is 14.1. The number of benzene rings is 2. The summed E-state index contributed by atoms with van der Waals surface area (Å²) >= 11 is 0. The first-order chi connectivity index (χ1) is 15.0. The number of carbonyl (C=O) groups excluding carboxylic acids is 1. The third kappa shape index (κ3) is 4.49. The highest BCUT2D eigenvalue weighted by molar-refractivity contribution is 6.00. The quantitative estimate of drug-likeness (QED) is 0.544. The summed E-state index contributed by atoms with van der Waals surface area (Å²) in [5.74, 6) is 0.324. The minimum Gasteiger partial charge on any atom is -0.489 e. The number of halogens is 1. The lowest BCUT2D eigenvalue weighted by Gasteiger charge is -2.35. The van der Waals surface area contributed by atoms with Crippen LogP contribution in [-0.2, 0) is 11.3 Å². The molecule has 3 aromatic rings. The number of fused-ring (bicyclic) bond motifs is 1. The van der Waals surface area contributed by atoms with Gasteiger partial charge in [0.1, 0.15) is 23.9 Å². The third-order valence-electron chi connectivity index (χ3n) is 5.42. The van der Waals surface area contributed by atoms with Crippen molar-refractivity contribution in [2.75, 3.05) is 19.7 Å². The second-order valence-corrected chi connectivity index (χ2v) is 8.00. The average molecular weight is 423 g/mol. The standard InChI is InChI=1S/C25H27FN2O3/c1-4-11-30-24-10-6-9-22-21(24)13-23(25(29)27-14-17(2)31-18(3)15-27)28(22)16-19-7-5-8-20(26)12-19/h4-10,12-13,17-18H,1,11,14-16H2,2-3H3/t17-,18-/m1/s1. The van der Waals surface area contributed by atoms with Gasteiger partial charge >= 0.3 is 0 Å². The van der Waals surface area contributed by atoms with E-state index in [0.29, 0.717) is 37.7 Å². The lowest BCUT2D eigenvalue weighted by molar-refractivity contribution is -0.0588. The van der Waals surface area contributed by atoms with Crippen molar-refractivity contribution >= 4 is 16.8 Å². The van der Waals surface area contributed by atoms with Gasteiger partial charge in [-0.15, -0.1) is 0 Å². The van der Waals surface area contributed by atoms with E-state index in [-0.39, 0.29) is 23.9 Å². The highest BCUT2D eigenvalue weighted by Gasteiger charge is 2.29. The van der Waals surface area contributed by atoms with Crippen molar-refractivity contribution in [3.8, 4) is 5.75 Å². The Morgan fingerprint density at radius 3 is 2.65 bits per heavy atom. The summed E-state index contributed by atoms with van der Waals surface area (Å²) < 4.78 is 27.4. The zero-order chi connectivity index (χ0) is 22.0. The molecule has 31 heavy (non-hydrogen) atoms. The fourth-order valence-corrected chi connectivity index (χ4v) is 4.20. The summed E-state index contributed by atoms with van der Waals surface area (Å²) in [5.41, 5.74) is 2.20. The molecule has 0 unspecified atom stereocenters. The summed E-state index contributed by atoms with van der Waals surface area (Å²) in [7, 11) is 0. The molecule has 2 heterocycles. The number of nitrogens with zero attached hydrogens (tertiary/aromatic N) is 2. The number of carbonyl (C=O) groups is 1. The van der Waals surface area contributed by atoms with Gasteiger partial charge in [0.25, 0.3) is 5.91 Å². The van der Waals surface area contributed by atoms with Crippen molar-refractivity contribution in [1.82, 2.24) is 9.47 Å². The first-order valence-electron chi connectivity index (χ1n) is 10.5. The molecule has 1 amide bonds. The van der Waals surface area contributed by atoms with Crippen molar-refractivity contribution < 1.29 is 18.7 Å². The molecule has 1 saturated heterocycles. The lowest BCUT2D eigenvalue weighted by atomic mass is 10.2. The molecule has 1 aliphatic heterocycles. The molecule has 0 aliphatic carbocycles. The molecular formula is C25H27FN2O3. The van der Waals surface area contributed by atoms with Crippen molar-refractivity contribution in [2.24, 2.45) is 0 Å². The second-order valence-electron chi connectivity index (χ2n) is 8.00. The molecular weight excluding hydrogens is 395 g/mol. The molecule has 2 aromatic carbocycles. The fourth-order valence-electron chi connectivity index (χ4n) is 4.20. The number of hydrogen-bond donors (Lipinski definition) is 0. The predicted octanol–water partition coefficient (Wildman–Crippen LogP) is 4.64. The van der Waals surface area contributed by atoms with Crippen LogP contribution in [-0.4, -0.2) is 47.3 Å². The molecule has 0 spiro atoms. The zero-order valence-electron chi connectivity index (χ0n) is 17.9. The van der Waals surface area contributed by atoms with Crippen LogP contribution in [0.3, 0.4) is 0 Å². The summed E-state index contributed by atoms with van der Waals surface area (Å²) in [6.45, 7) is 9.46. The first kappa shape index (κ1) is 21.1. The van der Waals surface area contributed by atoms with Gasteiger partial charge in [-0.1, -0.05) is 30.9 Å². The largest absolute Gasteiger partial charge is 0.489 e. The molecule has 1 aromatic heterocycles. The van der Waals surface area contributed by atoms with Crippen LogP contribution in [0.25, 0.3) is 10.9 Å². The highest BCUT2D eigenvalue weighted by atomic mass is 19.1. The molecule has 0 saturated carbocycles. The Morgan fingerprint density at radius 1 is 1.19 bits per heavy atom. The minimum atomic E-state index is -0.298. The molecule has 162 valence electrons. The predicted molar refractivity (Wildman–Crippen MR) is 119 cm³/mol. The molecule has 0 N–H and O–H groups in total. The molecule has 1 aliphatic rings. The molecule has 5 nitrogen and oxygen atoms in total. The number of morpholine rings is 1. The van der Waals surface area contributed by atoms with Gasteiger partial charge < -0.3 is 18.9 Å². The van der Waals surface area contributed by atoms with E-state index in [1.54, 1.807) is 12.1 Å². The fraction of sp³-hybridized carbons (Fsp3) is 0.320. The number of hydrogen-bond acceptors (Lipinski definition) is 3. The lowest BCUT2D eigenvalue weighted by Crippen LogP contribution is -2.48. The third-order valence-corrected chi connectivity index (χ3v) is 5.42. The highest BCUT2D eigenvalue weighted by Crippen LogP contribution is 2.31. The van der Waals surface area contributed by atoms with Gasteiger partial charge in [-0.25, -0.2) is 4.39 Å². The molecule has 0 radical (unpaired) electrons. The Balaban J connectivity index is 1.80. The summed E-state index contributed by atoms with van der Waals surface area (Å²) in [6.07, 6.45) is 1.63. The van der Waals surface area contributed by atoms with Crippen LogP contribution < -0.4 is 4.74 Å². The normalized spacial score (nSPS) is 18.9. The van der Waals surface area contributed by atoms with Crippen LogP contribution in [0.15, 0.2) is 61.2 Å². The van der Waals surface area contributed by atoms with E-state index in [4.69, 9.17) is 9.47 Å². The van der Waals surface area contributed by atoms with Crippen LogP contribution in [0.4, 0.5) is 4.39 Å². The van der Waals surface area contributed by atoms with Gasteiger partial charge in [0.05, 0.1) is 17.7 Å². The Bertz CT molecular complexity index is 1100. The monoisotopic (exact) mass is 422 g/mol. The molecule has 6 heteroatoms. The topological polar surface area (TPSA) is 43.7 Å². The van der Waals surface area contributed by atoms with Crippen molar-refractivity contribution in [2.45, 2.75) is 32.6 Å². The number of rotatable bonds is 6.